The van der Waals surface area contributed by atoms with Crippen LogP contribution in [0.25, 0.3) is 0 Å². The molecule has 0 bridgehead atoms. The van der Waals surface area contributed by atoms with Crippen LogP contribution < -0.4 is 0 Å². The van der Waals surface area contributed by atoms with Gasteiger partial charge in [0.15, 0.2) is 0 Å². The average Bonchev–Trinajstić information content (AvgIpc) is 2.63. The Labute approximate surface area is 140 Å². The van der Waals surface area contributed by atoms with Crippen molar-refractivity contribution >= 4 is 11.9 Å². The molecule has 0 saturated carbocycles. The Kier molecular flexibility index (Phi) is 4.89. The second-order valence-electron chi connectivity index (χ2n) is 6.14. The molecule has 1 aliphatic heterocycles. The maximum absolute atomic E-state index is 12.4. The number of aromatic nitrogens is 1. The second kappa shape index (κ2) is 7.25. The number of carbonyl (C=O) groups excluding carboxylic acids is 1. The zero-order valence-electron chi connectivity index (χ0n) is 13.4. The van der Waals surface area contributed by atoms with E-state index in [1.807, 2.05) is 17.0 Å². The SMILES string of the molecule is O=C(O)c1ccccc1CC1CCN(C(=O)c2cccnc2)CC1. The van der Waals surface area contributed by atoms with E-state index in [0.717, 1.165) is 24.8 Å². The molecule has 1 aromatic carbocycles. The number of likely N-dealkylation sites (tertiary alicyclic amines) is 1. The number of hydrogen-bond donors (Lipinski definition) is 1. The first-order valence-corrected chi connectivity index (χ1v) is 8.15. The lowest BCUT2D eigenvalue weighted by atomic mass is 9.88. The molecule has 0 spiro atoms. The molecule has 5 nitrogen and oxygen atoms in total. The molecule has 3 rings (SSSR count). The minimum atomic E-state index is -0.880. The summed E-state index contributed by atoms with van der Waals surface area (Å²) in [5, 5.41) is 9.28. The summed E-state index contributed by atoms with van der Waals surface area (Å²) in [5.41, 5.74) is 1.88. The fourth-order valence-corrected chi connectivity index (χ4v) is 3.23. The van der Waals surface area contributed by atoms with Crippen LogP contribution in [-0.2, 0) is 6.42 Å². The molecule has 1 N–H and O–H groups in total. The summed E-state index contributed by atoms with van der Waals surface area (Å²) < 4.78 is 0. The molecule has 1 aliphatic rings. The lowest BCUT2D eigenvalue weighted by Crippen LogP contribution is -2.39. The van der Waals surface area contributed by atoms with Gasteiger partial charge in [0.05, 0.1) is 11.1 Å². The van der Waals surface area contributed by atoms with Gasteiger partial charge in [0.1, 0.15) is 0 Å². The van der Waals surface area contributed by atoms with E-state index >= 15 is 0 Å². The first kappa shape index (κ1) is 16.2. The maximum atomic E-state index is 12.4. The molecule has 0 aliphatic carbocycles. The third-order valence-corrected chi connectivity index (χ3v) is 4.57. The van der Waals surface area contributed by atoms with Gasteiger partial charge in [-0.15, -0.1) is 0 Å². The number of rotatable bonds is 4. The van der Waals surface area contributed by atoms with Gasteiger partial charge in [-0.25, -0.2) is 4.79 Å². The van der Waals surface area contributed by atoms with Crippen molar-refractivity contribution in [3.8, 4) is 0 Å². The van der Waals surface area contributed by atoms with E-state index in [9.17, 15) is 14.7 Å². The fourth-order valence-electron chi connectivity index (χ4n) is 3.23. The molecule has 24 heavy (non-hydrogen) atoms. The Bertz CT molecular complexity index is 722. The van der Waals surface area contributed by atoms with Crippen molar-refractivity contribution in [1.82, 2.24) is 9.88 Å². The summed E-state index contributed by atoms with van der Waals surface area (Å²) in [6.45, 7) is 1.40. The Morgan fingerprint density at radius 1 is 1.12 bits per heavy atom. The van der Waals surface area contributed by atoms with Crippen molar-refractivity contribution in [3.05, 3.63) is 65.5 Å². The number of hydrogen-bond acceptors (Lipinski definition) is 3. The molecule has 0 unspecified atom stereocenters. The molecular formula is C19H20N2O3. The Morgan fingerprint density at radius 3 is 2.54 bits per heavy atom. The molecule has 0 atom stereocenters. The highest BCUT2D eigenvalue weighted by molar-refractivity contribution is 5.94. The molecule has 0 radical (unpaired) electrons. The largest absolute Gasteiger partial charge is 0.478 e. The molecule has 1 saturated heterocycles. The summed E-state index contributed by atoms with van der Waals surface area (Å²) in [6.07, 6.45) is 5.78. The normalized spacial score (nSPS) is 15.2. The van der Waals surface area contributed by atoms with E-state index in [1.165, 1.54) is 0 Å². The van der Waals surface area contributed by atoms with Crippen molar-refractivity contribution < 1.29 is 14.7 Å². The van der Waals surface area contributed by atoms with Gasteiger partial charge in [0.25, 0.3) is 5.91 Å². The molecule has 2 aromatic rings. The molecule has 1 amide bonds. The minimum absolute atomic E-state index is 0.0208. The summed E-state index contributed by atoms with van der Waals surface area (Å²) in [6, 6.07) is 10.7. The first-order valence-electron chi connectivity index (χ1n) is 8.15. The lowest BCUT2D eigenvalue weighted by molar-refractivity contribution is 0.0690. The number of carboxylic acid groups (broad SMARTS) is 1. The highest BCUT2D eigenvalue weighted by atomic mass is 16.4. The van der Waals surface area contributed by atoms with Crippen LogP contribution >= 0.6 is 0 Å². The van der Waals surface area contributed by atoms with Crippen molar-refractivity contribution in [2.24, 2.45) is 5.92 Å². The monoisotopic (exact) mass is 324 g/mol. The molecule has 1 aromatic heterocycles. The van der Waals surface area contributed by atoms with Crippen LogP contribution in [0.2, 0.25) is 0 Å². The number of piperidine rings is 1. The van der Waals surface area contributed by atoms with Gasteiger partial charge in [-0.1, -0.05) is 18.2 Å². The third kappa shape index (κ3) is 3.62. The number of carboxylic acids is 1. The molecule has 1 fully saturated rings. The van der Waals surface area contributed by atoms with Gasteiger partial charge in [-0.3, -0.25) is 9.78 Å². The van der Waals surface area contributed by atoms with E-state index < -0.39 is 5.97 Å². The van der Waals surface area contributed by atoms with Crippen molar-refractivity contribution in [2.75, 3.05) is 13.1 Å². The Morgan fingerprint density at radius 2 is 1.88 bits per heavy atom. The maximum Gasteiger partial charge on any atom is 0.335 e. The number of pyridine rings is 1. The minimum Gasteiger partial charge on any atom is -0.478 e. The van der Waals surface area contributed by atoms with Gasteiger partial charge in [-0.2, -0.15) is 0 Å². The quantitative estimate of drug-likeness (QED) is 0.939. The van der Waals surface area contributed by atoms with Gasteiger partial charge < -0.3 is 10.0 Å². The van der Waals surface area contributed by atoms with Gasteiger partial charge in [0.2, 0.25) is 0 Å². The van der Waals surface area contributed by atoms with E-state index in [4.69, 9.17) is 0 Å². The molecule has 124 valence electrons. The standard InChI is InChI=1S/C19H20N2O3/c22-18(16-5-3-9-20-13-16)21-10-7-14(8-11-21)12-15-4-1-2-6-17(15)19(23)24/h1-6,9,13-14H,7-8,10-12H2,(H,23,24). The van der Waals surface area contributed by atoms with E-state index in [1.54, 1.807) is 36.7 Å². The smallest absolute Gasteiger partial charge is 0.335 e. The predicted molar refractivity (Wildman–Crippen MR) is 90.0 cm³/mol. The van der Waals surface area contributed by atoms with E-state index in [-0.39, 0.29) is 5.91 Å². The summed E-state index contributed by atoms with van der Waals surface area (Å²) >= 11 is 0. The van der Waals surface area contributed by atoms with Crippen molar-refractivity contribution in [2.45, 2.75) is 19.3 Å². The van der Waals surface area contributed by atoms with Crippen LogP contribution in [0.15, 0.2) is 48.8 Å². The summed E-state index contributed by atoms with van der Waals surface area (Å²) in [7, 11) is 0. The van der Waals surface area contributed by atoms with Gasteiger partial charge in [-0.05, 0) is 48.9 Å². The van der Waals surface area contributed by atoms with E-state index in [2.05, 4.69) is 4.98 Å². The van der Waals surface area contributed by atoms with Crippen LogP contribution in [-0.4, -0.2) is 40.0 Å². The number of amides is 1. The number of aromatic carboxylic acids is 1. The van der Waals surface area contributed by atoms with Crippen molar-refractivity contribution in [3.63, 3.8) is 0 Å². The van der Waals surface area contributed by atoms with Crippen LogP contribution in [0.3, 0.4) is 0 Å². The molecule has 5 heteroatoms. The summed E-state index contributed by atoms with van der Waals surface area (Å²) in [5.74, 6) is -0.453. The zero-order valence-corrected chi connectivity index (χ0v) is 13.4. The van der Waals surface area contributed by atoms with Crippen LogP contribution in [0, 0.1) is 5.92 Å². The number of benzene rings is 1. The number of carbonyl (C=O) groups is 2. The van der Waals surface area contributed by atoms with Crippen molar-refractivity contribution in [1.29, 1.82) is 0 Å². The molecule has 2 heterocycles. The lowest BCUT2D eigenvalue weighted by Gasteiger charge is -2.32. The highest BCUT2D eigenvalue weighted by Gasteiger charge is 2.24. The first-order chi connectivity index (χ1) is 11.6. The topological polar surface area (TPSA) is 70.5 Å². The van der Waals surface area contributed by atoms with E-state index in [0.29, 0.717) is 30.1 Å². The number of nitrogens with zero attached hydrogens (tertiary/aromatic N) is 2. The molecular weight excluding hydrogens is 304 g/mol. The van der Waals surface area contributed by atoms with Crippen LogP contribution in [0.1, 0.15) is 39.1 Å². The third-order valence-electron chi connectivity index (χ3n) is 4.57. The predicted octanol–water partition coefficient (Wildman–Crippen LogP) is 2.87. The van der Waals surface area contributed by atoms with Gasteiger partial charge >= 0.3 is 5.97 Å². The highest BCUT2D eigenvalue weighted by Crippen LogP contribution is 2.24. The Balaban J connectivity index is 1.60. The van der Waals surface area contributed by atoms with Gasteiger partial charge in [0, 0.05) is 25.5 Å². The second-order valence-corrected chi connectivity index (χ2v) is 6.14. The average molecular weight is 324 g/mol. The van der Waals surface area contributed by atoms with Crippen LogP contribution in [0.4, 0.5) is 0 Å². The zero-order chi connectivity index (χ0) is 16.9. The Hall–Kier alpha value is -2.69. The fraction of sp³-hybridized carbons (Fsp3) is 0.316. The van der Waals surface area contributed by atoms with Crippen LogP contribution in [0.5, 0.6) is 0 Å². The summed E-state index contributed by atoms with van der Waals surface area (Å²) in [4.78, 5) is 29.6.